The van der Waals surface area contributed by atoms with Crippen molar-refractivity contribution in [1.82, 2.24) is 14.6 Å². The van der Waals surface area contributed by atoms with Crippen molar-refractivity contribution in [2.45, 2.75) is 31.6 Å². The first-order valence-electron chi connectivity index (χ1n) is 12.8. The van der Waals surface area contributed by atoms with E-state index in [9.17, 15) is 18.0 Å². The molecule has 0 bridgehead atoms. The minimum Gasteiger partial charge on any atom is -0.494 e. The van der Waals surface area contributed by atoms with Crippen LogP contribution in [-0.4, -0.2) is 82.7 Å². The molecule has 0 saturated carbocycles. The zero-order valence-electron chi connectivity index (χ0n) is 22.8. The summed E-state index contributed by atoms with van der Waals surface area (Å²) in [5, 5.41) is 4.06. The van der Waals surface area contributed by atoms with Crippen LogP contribution in [-0.2, 0) is 19.6 Å². The molecule has 1 heterocycles. The van der Waals surface area contributed by atoms with Gasteiger partial charge in [-0.05, 0) is 74.7 Å². The molecule has 1 saturated heterocycles. The van der Waals surface area contributed by atoms with Crippen molar-refractivity contribution in [2.75, 3.05) is 47.0 Å². The van der Waals surface area contributed by atoms with Gasteiger partial charge in [-0.25, -0.2) is 13.8 Å². The molecule has 212 valence electrons. The largest absolute Gasteiger partial charge is 0.494 e. The van der Waals surface area contributed by atoms with Crippen molar-refractivity contribution in [3.8, 4) is 17.2 Å². The second kappa shape index (κ2) is 13.9. The van der Waals surface area contributed by atoms with Gasteiger partial charge in [0.15, 0.2) is 18.1 Å². The lowest BCUT2D eigenvalue weighted by atomic mass is 9.98. The monoisotopic (exact) mass is 560 g/mol. The molecule has 0 aromatic heterocycles. The van der Waals surface area contributed by atoms with Crippen LogP contribution in [0, 0.1) is 5.92 Å². The van der Waals surface area contributed by atoms with Gasteiger partial charge in [0, 0.05) is 33.1 Å². The van der Waals surface area contributed by atoms with E-state index in [4.69, 9.17) is 14.2 Å². The fraction of sp³-hybridized carbons (Fsp3) is 0.444. The number of rotatable bonds is 12. The predicted molar refractivity (Wildman–Crippen MR) is 147 cm³/mol. The molecular weight excluding hydrogens is 524 g/mol. The molecule has 0 atom stereocenters. The molecule has 0 unspecified atom stereocenters. The summed E-state index contributed by atoms with van der Waals surface area (Å²) in [6.07, 6.45) is 2.27. The number of nitrogens with one attached hydrogen (secondary N) is 1. The van der Waals surface area contributed by atoms with Crippen LogP contribution >= 0.6 is 0 Å². The number of ether oxygens (including phenoxy) is 3. The van der Waals surface area contributed by atoms with Gasteiger partial charge in [-0.15, -0.1) is 0 Å². The smallest absolute Gasteiger partial charge is 0.259 e. The molecule has 0 radical (unpaired) electrons. The molecule has 3 rings (SSSR count). The first kappa shape index (κ1) is 29.9. The molecule has 2 aromatic carbocycles. The van der Waals surface area contributed by atoms with E-state index in [0.717, 1.165) is 0 Å². The van der Waals surface area contributed by atoms with Crippen molar-refractivity contribution in [3.05, 3.63) is 48.0 Å². The minimum atomic E-state index is -3.65. The van der Waals surface area contributed by atoms with E-state index >= 15 is 0 Å². The summed E-state index contributed by atoms with van der Waals surface area (Å²) in [7, 11) is -0.347. The number of amides is 2. The summed E-state index contributed by atoms with van der Waals surface area (Å²) >= 11 is 0. The summed E-state index contributed by atoms with van der Waals surface area (Å²) in [6, 6.07) is 11.5. The first-order chi connectivity index (χ1) is 18.6. The predicted octanol–water partition coefficient (Wildman–Crippen LogP) is 2.50. The van der Waals surface area contributed by atoms with Crippen molar-refractivity contribution >= 4 is 28.1 Å². The highest BCUT2D eigenvalue weighted by atomic mass is 32.2. The minimum absolute atomic E-state index is 0.114. The number of carbonyl (C=O) groups excluding carboxylic acids is 2. The zero-order chi connectivity index (χ0) is 28.4. The Morgan fingerprint density at radius 3 is 2.28 bits per heavy atom. The number of hydrogen-bond acceptors (Lipinski definition) is 8. The molecular formula is C27H36N4O7S. The van der Waals surface area contributed by atoms with Crippen LogP contribution in [0.5, 0.6) is 17.2 Å². The van der Waals surface area contributed by atoms with Gasteiger partial charge in [-0.1, -0.05) is 0 Å². The third-order valence-electron chi connectivity index (χ3n) is 6.10. The maximum absolute atomic E-state index is 13.0. The van der Waals surface area contributed by atoms with Crippen LogP contribution < -0.4 is 19.6 Å². The van der Waals surface area contributed by atoms with Crippen molar-refractivity contribution in [3.63, 3.8) is 0 Å². The second-order valence-electron chi connectivity index (χ2n) is 9.03. The number of hydrazone groups is 1. The van der Waals surface area contributed by atoms with Crippen molar-refractivity contribution in [2.24, 2.45) is 11.0 Å². The van der Waals surface area contributed by atoms with Crippen molar-refractivity contribution in [1.29, 1.82) is 0 Å². The van der Waals surface area contributed by atoms with Crippen LogP contribution in [0.15, 0.2) is 52.5 Å². The van der Waals surface area contributed by atoms with Crippen LogP contribution in [0.25, 0.3) is 0 Å². The normalized spacial score (nSPS) is 14.7. The SMILES string of the molecule is CCOc1ccc(S(=O)(=O)N2CCC(C(=O)N/N=C/c3ccc(OCC(=O)N(C)C)c(OCC)c3)CC2)cc1. The second-order valence-corrected chi connectivity index (χ2v) is 11.0. The first-order valence-corrected chi connectivity index (χ1v) is 14.3. The average Bonchev–Trinajstić information content (AvgIpc) is 2.93. The van der Waals surface area contributed by atoms with Gasteiger partial charge < -0.3 is 19.1 Å². The quantitative estimate of drug-likeness (QED) is 0.312. The highest BCUT2D eigenvalue weighted by molar-refractivity contribution is 7.89. The standard InChI is InChI=1S/C27H36N4O7S/c1-5-36-22-8-10-23(11-9-22)39(34,35)31-15-13-21(14-16-31)27(33)29-28-18-20-7-12-24(25(17-20)37-6-2)38-19-26(32)30(3)4/h7-12,17-18,21H,5-6,13-16,19H2,1-4H3,(H,29,33)/b28-18+. The summed E-state index contributed by atoms with van der Waals surface area (Å²) in [5.41, 5.74) is 3.22. The third kappa shape index (κ3) is 8.17. The van der Waals surface area contributed by atoms with Gasteiger partial charge in [-0.3, -0.25) is 9.59 Å². The number of sulfonamides is 1. The van der Waals surface area contributed by atoms with E-state index in [2.05, 4.69) is 10.5 Å². The lowest BCUT2D eigenvalue weighted by Crippen LogP contribution is -2.42. The number of nitrogens with zero attached hydrogens (tertiary/aromatic N) is 3. The summed E-state index contributed by atoms with van der Waals surface area (Å²) in [5.74, 6) is 0.711. The van der Waals surface area contributed by atoms with Gasteiger partial charge >= 0.3 is 0 Å². The van der Waals surface area contributed by atoms with Gasteiger partial charge in [0.2, 0.25) is 15.9 Å². The number of piperidine rings is 1. The van der Waals surface area contributed by atoms with E-state index in [1.165, 1.54) is 27.6 Å². The lowest BCUT2D eigenvalue weighted by molar-refractivity contribution is -0.130. The van der Waals surface area contributed by atoms with Crippen LogP contribution in [0.1, 0.15) is 32.3 Å². The molecule has 1 fully saturated rings. The van der Waals surface area contributed by atoms with E-state index < -0.39 is 10.0 Å². The fourth-order valence-electron chi connectivity index (χ4n) is 3.90. The molecule has 1 N–H and O–H groups in total. The summed E-state index contributed by atoms with van der Waals surface area (Å²) < 4.78 is 44.0. The fourth-order valence-corrected chi connectivity index (χ4v) is 5.37. The number of carbonyl (C=O) groups is 2. The van der Waals surface area contributed by atoms with E-state index in [1.807, 2.05) is 13.8 Å². The maximum atomic E-state index is 13.0. The Morgan fingerprint density at radius 1 is 1.00 bits per heavy atom. The Balaban J connectivity index is 1.53. The van der Waals surface area contributed by atoms with E-state index in [1.54, 1.807) is 44.4 Å². The molecule has 1 aliphatic rings. The number of hydrogen-bond donors (Lipinski definition) is 1. The van der Waals surface area contributed by atoms with Crippen LogP contribution in [0.3, 0.4) is 0 Å². The van der Waals surface area contributed by atoms with Crippen molar-refractivity contribution < 1.29 is 32.2 Å². The molecule has 0 spiro atoms. The molecule has 2 amide bonds. The van der Waals surface area contributed by atoms with Gasteiger partial charge in [0.1, 0.15) is 5.75 Å². The number of benzene rings is 2. The third-order valence-corrected chi connectivity index (χ3v) is 8.02. The zero-order valence-corrected chi connectivity index (χ0v) is 23.6. The highest BCUT2D eigenvalue weighted by Gasteiger charge is 2.32. The maximum Gasteiger partial charge on any atom is 0.259 e. The summed E-state index contributed by atoms with van der Waals surface area (Å²) in [6.45, 7) is 4.98. The average molecular weight is 561 g/mol. The van der Waals surface area contributed by atoms with Gasteiger partial charge in [0.25, 0.3) is 5.91 Å². The Hall–Kier alpha value is -3.64. The number of likely N-dealkylation sites (N-methyl/N-ethyl adjacent to an activating group) is 1. The Kier molecular flexibility index (Phi) is 10.7. The van der Waals surface area contributed by atoms with Crippen LogP contribution in [0.2, 0.25) is 0 Å². The van der Waals surface area contributed by atoms with Gasteiger partial charge in [0.05, 0.1) is 24.3 Å². The van der Waals surface area contributed by atoms with E-state index in [0.29, 0.717) is 48.9 Å². The Labute approximate surface area is 229 Å². The highest BCUT2D eigenvalue weighted by Crippen LogP contribution is 2.28. The molecule has 2 aromatic rings. The molecule has 12 heteroatoms. The molecule has 11 nitrogen and oxygen atoms in total. The molecule has 39 heavy (non-hydrogen) atoms. The van der Waals surface area contributed by atoms with Crippen LogP contribution in [0.4, 0.5) is 0 Å². The lowest BCUT2D eigenvalue weighted by Gasteiger charge is -2.30. The molecule has 1 aliphatic heterocycles. The van der Waals surface area contributed by atoms with E-state index in [-0.39, 0.29) is 42.3 Å². The Bertz CT molecular complexity index is 1260. The topological polar surface area (TPSA) is 127 Å². The summed E-state index contributed by atoms with van der Waals surface area (Å²) in [4.78, 5) is 26.1. The van der Waals surface area contributed by atoms with Gasteiger partial charge in [-0.2, -0.15) is 9.41 Å². The Morgan fingerprint density at radius 2 is 1.67 bits per heavy atom. The molecule has 0 aliphatic carbocycles.